The van der Waals surface area contributed by atoms with Gasteiger partial charge in [0.25, 0.3) is 0 Å². The van der Waals surface area contributed by atoms with Crippen LogP contribution in [-0.4, -0.2) is 17.1 Å². The van der Waals surface area contributed by atoms with Crippen LogP contribution < -0.4 is 0 Å². The van der Waals surface area contributed by atoms with Crippen LogP contribution in [0.3, 0.4) is 0 Å². The Bertz CT molecular complexity index is 939. The Hall–Kier alpha value is -2.49. The average Bonchev–Trinajstić information content (AvgIpc) is 3.08. The molecule has 0 spiro atoms. The highest BCUT2D eigenvalue weighted by Gasteiger charge is 2.45. The molecule has 4 heteroatoms. The number of cyclic esters (lactones) is 1. The number of halogens is 1. The molecule has 0 N–H and O–H groups in total. The van der Waals surface area contributed by atoms with Crippen LogP contribution in [0.4, 0.5) is 4.39 Å². The molecule has 1 saturated heterocycles. The zero-order chi connectivity index (χ0) is 22.5. The van der Waals surface area contributed by atoms with Crippen molar-refractivity contribution in [1.29, 1.82) is 0 Å². The number of ether oxygens (including phenoxy) is 1. The smallest absolute Gasteiger partial charge is 0.309 e. The number of benzene rings is 1. The van der Waals surface area contributed by atoms with Gasteiger partial charge in [0, 0.05) is 17.7 Å². The second-order valence-corrected chi connectivity index (χ2v) is 9.48. The molecule has 1 saturated carbocycles. The Morgan fingerprint density at radius 1 is 1.12 bits per heavy atom. The van der Waals surface area contributed by atoms with Gasteiger partial charge in [0.2, 0.25) is 0 Å². The predicted octanol–water partition coefficient (Wildman–Crippen LogP) is 7.08. The van der Waals surface area contributed by atoms with Gasteiger partial charge < -0.3 is 4.74 Å². The van der Waals surface area contributed by atoms with Crippen LogP contribution in [0.25, 0.3) is 17.2 Å². The SMILES string of the molecule is CCC1CCCCCC2C(=O)OC(C)C2C(C=Cc2ccc(-c3cccc(F)c3)cn2)C1. The van der Waals surface area contributed by atoms with Crippen LogP contribution in [0.2, 0.25) is 0 Å². The number of pyridine rings is 1. The lowest BCUT2D eigenvalue weighted by Crippen LogP contribution is -2.29. The highest BCUT2D eigenvalue weighted by molar-refractivity contribution is 5.75. The van der Waals surface area contributed by atoms with Crippen LogP contribution >= 0.6 is 0 Å². The third kappa shape index (κ3) is 5.28. The number of rotatable bonds is 4. The molecule has 0 amide bonds. The van der Waals surface area contributed by atoms with Crippen molar-refractivity contribution in [2.45, 2.75) is 64.9 Å². The first-order chi connectivity index (χ1) is 15.5. The van der Waals surface area contributed by atoms with Gasteiger partial charge in [-0.15, -0.1) is 0 Å². The Kier molecular flexibility index (Phi) is 7.39. The third-order valence-electron chi connectivity index (χ3n) is 7.37. The van der Waals surface area contributed by atoms with E-state index in [2.05, 4.69) is 31.0 Å². The van der Waals surface area contributed by atoms with Crippen molar-refractivity contribution in [2.24, 2.45) is 23.7 Å². The summed E-state index contributed by atoms with van der Waals surface area (Å²) in [4.78, 5) is 17.2. The van der Waals surface area contributed by atoms with E-state index in [9.17, 15) is 9.18 Å². The van der Waals surface area contributed by atoms with Gasteiger partial charge >= 0.3 is 5.97 Å². The molecule has 5 unspecified atom stereocenters. The fraction of sp³-hybridized carbons (Fsp3) is 0.500. The molecular weight excluding hydrogens is 401 g/mol. The van der Waals surface area contributed by atoms with E-state index >= 15 is 0 Å². The van der Waals surface area contributed by atoms with Crippen molar-refractivity contribution in [3.05, 3.63) is 60.2 Å². The highest BCUT2D eigenvalue weighted by atomic mass is 19.1. The van der Waals surface area contributed by atoms with Gasteiger partial charge in [-0.2, -0.15) is 0 Å². The second kappa shape index (κ2) is 10.4. The van der Waals surface area contributed by atoms with Gasteiger partial charge in [0.05, 0.1) is 11.6 Å². The van der Waals surface area contributed by atoms with Gasteiger partial charge in [-0.3, -0.25) is 9.78 Å². The second-order valence-electron chi connectivity index (χ2n) is 9.48. The Balaban J connectivity index is 1.56. The van der Waals surface area contributed by atoms with Crippen molar-refractivity contribution in [2.75, 3.05) is 0 Å². The van der Waals surface area contributed by atoms with Gasteiger partial charge in [-0.25, -0.2) is 4.39 Å². The van der Waals surface area contributed by atoms with Crippen LogP contribution in [0.5, 0.6) is 0 Å². The molecule has 4 rings (SSSR count). The minimum atomic E-state index is -0.245. The first-order valence-electron chi connectivity index (χ1n) is 12.2. The lowest BCUT2D eigenvalue weighted by molar-refractivity contribution is -0.143. The van der Waals surface area contributed by atoms with Crippen molar-refractivity contribution in [3.8, 4) is 11.1 Å². The van der Waals surface area contributed by atoms with E-state index in [0.29, 0.717) is 11.8 Å². The lowest BCUT2D eigenvalue weighted by Gasteiger charge is -2.30. The third-order valence-corrected chi connectivity index (χ3v) is 7.37. The molecule has 1 aromatic carbocycles. The molecule has 2 fully saturated rings. The van der Waals surface area contributed by atoms with Crippen LogP contribution in [-0.2, 0) is 9.53 Å². The van der Waals surface area contributed by atoms with Crippen molar-refractivity contribution < 1.29 is 13.9 Å². The molecule has 0 radical (unpaired) electrons. The van der Waals surface area contributed by atoms with Crippen molar-refractivity contribution in [3.63, 3.8) is 0 Å². The zero-order valence-corrected chi connectivity index (χ0v) is 19.2. The summed E-state index contributed by atoms with van der Waals surface area (Å²) in [5, 5.41) is 0. The van der Waals surface area contributed by atoms with Crippen LogP contribution in [0.1, 0.15) is 64.5 Å². The standard InChI is InChI=1S/C28H34FNO2/c1-3-20-8-5-4-6-11-26-27(19(2)32-28(26)31)22(16-20)12-14-25-15-13-23(18-30-25)21-9-7-10-24(29)17-21/h7,9-10,12-15,17-20,22,26-27H,3-6,8,11,16H2,1-2H3. The number of aromatic nitrogens is 1. The minimum Gasteiger partial charge on any atom is -0.462 e. The highest BCUT2D eigenvalue weighted by Crippen LogP contribution is 2.42. The van der Waals surface area contributed by atoms with Gasteiger partial charge in [0.15, 0.2) is 0 Å². The summed E-state index contributed by atoms with van der Waals surface area (Å²) in [7, 11) is 0. The first kappa shape index (κ1) is 22.7. The Morgan fingerprint density at radius 2 is 1.97 bits per heavy atom. The molecule has 1 aliphatic heterocycles. The van der Waals surface area contributed by atoms with Crippen molar-refractivity contribution in [1.82, 2.24) is 4.98 Å². The summed E-state index contributed by atoms with van der Waals surface area (Å²) in [6.45, 7) is 4.34. The Labute approximate surface area is 191 Å². The Morgan fingerprint density at radius 3 is 2.72 bits per heavy atom. The number of nitrogens with zero attached hydrogens (tertiary/aromatic N) is 1. The largest absolute Gasteiger partial charge is 0.462 e. The van der Waals surface area contributed by atoms with E-state index in [1.54, 1.807) is 12.3 Å². The topological polar surface area (TPSA) is 39.2 Å². The molecular formula is C28H34FNO2. The predicted molar refractivity (Wildman–Crippen MR) is 126 cm³/mol. The number of carbonyl (C=O) groups is 1. The summed E-state index contributed by atoms with van der Waals surface area (Å²) in [6, 6.07) is 10.5. The number of hydrogen-bond donors (Lipinski definition) is 0. The summed E-state index contributed by atoms with van der Waals surface area (Å²) >= 11 is 0. The zero-order valence-electron chi connectivity index (χ0n) is 19.2. The van der Waals surface area contributed by atoms with E-state index in [0.717, 1.165) is 36.1 Å². The maximum Gasteiger partial charge on any atom is 0.309 e. The van der Waals surface area contributed by atoms with Gasteiger partial charge in [-0.1, -0.05) is 63.3 Å². The molecule has 2 heterocycles. The molecule has 2 aromatic rings. The molecule has 32 heavy (non-hydrogen) atoms. The first-order valence-corrected chi connectivity index (χ1v) is 12.2. The quantitative estimate of drug-likeness (QED) is 0.482. The number of fused-ring (bicyclic) bond motifs is 1. The number of hydrogen-bond acceptors (Lipinski definition) is 3. The van der Waals surface area contributed by atoms with E-state index in [-0.39, 0.29) is 29.7 Å². The number of carbonyl (C=O) groups excluding carboxylic acids is 1. The van der Waals surface area contributed by atoms with Gasteiger partial charge in [0.1, 0.15) is 11.9 Å². The summed E-state index contributed by atoms with van der Waals surface area (Å²) in [6.07, 6.45) is 14.2. The van der Waals surface area contributed by atoms with E-state index in [1.165, 1.54) is 37.8 Å². The van der Waals surface area contributed by atoms with Crippen LogP contribution in [0, 0.1) is 29.5 Å². The van der Waals surface area contributed by atoms with Crippen LogP contribution in [0.15, 0.2) is 48.7 Å². The molecule has 0 bridgehead atoms. The minimum absolute atomic E-state index is 0.00732. The molecule has 3 nitrogen and oxygen atoms in total. The van der Waals surface area contributed by atoms with E-state index in [1.807, 2.05) is 18.2 Å². The summed E-state index contributed by atoms with van der Waals surface area (Å²) in [5.41, 5.74) is 2.60. The number of esters is 1. The molecule has 170 valence electrons. The maximum absolute atomic E-state index is 13.5. The van der Waals surface area contributed by atoms with Crippen molar-refractivity contribution >= 4 is 12.0 Å². The average molecular weight is 436 g/mol. The fourth-order valence-electron chi connectivity index (χ4n) is 5.57. The monoisotopic (exact) mass is 435 g/mol. The molecule has 1 aliphatic carbocycles. The van der Waals surface area contributed by atoms with E-state index < -0.39 is 0 Å². The summed E-state index contributed by atoms with van der Waals surface area (Å²) < 4.78 is 19.2. The molecule has 2 aliphatic rings. The normalized spacial score (nSPS) is 29.0. The molecule has 5 atom stereocenters. The van der Waals surface area contributed by atoms with E-state index in [4.69, 9.17) is 4.74 Å². The van der Waals surface area contributed by atoms with Gasteiger partial charge in [-0.05, 0) is 61.4 Å². The lowest BCUT2D eigenvalue weighted by atomic mass is 9.72. The number of allylic oxidation sites excluding steroid dienone is 1. The summed E-state index contributed by atoms with van der Waals surface area (Å²) in [5.74, 6) is 0.969. The fourth-order valence-corrected chi connectivity index (χ4v) is 5.57. The molecule has 1 aromatic heterocycles. The maximum atomic E-state index is 13.5.